The maximum atomic E-state index is 13.5. The van der Waals surface area contributed by atoms with Gasteiger partial charge in [-0.15, -0.1) is 0 Å². The highest BCUT2D eigenvalue weighted by molar-refractivity contribution is 5.33. The molecule has 2 aromatic rings. The van der Waals surface area contributed by atoms with Crippen LogP contribution in [-0.4, -0.2) is 9.13 Å². The molecule has 1 aromatic heterocycles. The summed E-state index contributed by atoms with van der Waals surface area (Å²) in [5.74, 6) is -0.417. The molecule has 86 valence electrons. The van der Waals surface area contributed by atoms with Gasteiger partial charge in [0.15, 0.2) is 0 Å². The van der Waals surface area contributed by atoms with Crippen molar-refractivity contribution in [3.8, 4) is 6.07 Å². The number of rotatable bonds is 2. The molecule has 0 saturated heterocycles. The van der Waals surface area contributed by atoms with E-state index in [9.17, 15) is 9.18 Å². The second-order valence-electron chi connectivity index (χ2n) is 3.74. The Morgan fingerprint density at radius 1 is 1.41 bits per heavy atom. The van der Waals surface area contributed by atoms with E-state index in [-0.39, 0.29) is 12.2 Å². The third-order valence-corrected chi connectivity index (χ3v) is 2.53. The Morgan fingerprint density at radius 3 is 2.76 bits per heavy atom. The van der Waals surface area contributed by atoms with E-state index < -0.39 is 5.82 Å². The lowest BCUT2D eigenvalue weighted by Gasteiger charge is -2.04. The molecule has 0 amide bonds. The van der Waals surface area contributed by atoms with Crippen molar-refractivity contribution in [3.05, 3.63) is 58.0 Å². The van der Waals surface area contributed by atoms with Gasteiger partial charge in [-0.1, -0.05) is 0 Å². The Balaban J connectivity index is 2.40. The van der Waals surface area contributed by atoms with Gasteiger partial charge in [0, 0.05) is 25.0 Å². The highest BCUT2D eigenvalue weighted by Crippen LogP contribution is 2.11. The molecule has 0 atom stereocenters. The quantitative estimate of drug-likeness (QED) is 0.781. The molecule has 0 fully saturated rings. The molecule has 17 heavy (non-hydrogen) atoms. The zero-order valence-corrected chi connectivity index (χ0v) is 9.22. The van der Waals surface area contributed by atoms with Crippen LogP contribution in [0.4, 0.5) is 4.39 Å². The van der Waals surface area contributed by atoms with Gasteiger partial charge >= 0.3 is 5.69 Å². The number of hydrogen-bond acceptors (Lipinski definition) is 2. The molecule has 0 unspecified atom stereocenters. The largest absolute Gasteiger partial charge is 0.328 e. The first-order chi connectivity index (χ1) is 8.11. The summed E-state index contributed by atoms with van der Waals surface area (Å²) in [6.07, 6.45) is 3.19. The number of hydrogen-bond donors (Lipinski definition) is 0. The zero-order chi connectivity index (χ0) is 12.4. The first-order valence-electron chi connectivity index (χ1n) is 5.02. The standard InChI is InChI=1S/C12H10FN3O/c1-15-4-5-16(12(15)17)8-10-6-9(7-14)2-3-11(10)13/h2-6H,8H2,1H3. The maximum Gasteiger partial charge on any atom is 0.328 e. The molecule has 4 nitrogen and oxygen atoms in total. The SMILES string of the molecule is Cn1ccn(Cc2cc(C#N)ccc2F)c1=O. The topological polar surface area (TPSA) is 50.7 Å². The van der Waals surface area contributed by atoms with E-state index in [0.717, 1.165) is 0 Å². The Kier molecular flexibility index (Phi) is 2.79. The van der Waals surface area contributed by atoms with Gasteiger partial charge in [0.25, 0.3) is 0 Å². The fourth-order valence-electron chi connectivity index (χ4n) is 1.58. The smallest absolute Gasteiger partial charge is 0.302 e. The van der Waals surface area contributed by atoms with E-state index in [1.54, 1.807) is 19.4 Å². The maximum absolute atomic E-state index is 13.5. The van der Waals surface area contributed by atoms with Crippen molar-refractivity contribution in [1.82, 2.24) is 9.13 Å². The van der Waals surface area contributed by atoms with Crippen LogP contribution in [0.2, 0.25) is 0 Å². The normalized spacial score (nSPS) is 10.2. The highest BCUT2D eigenvalue weighted by atomic mass is 19.1. The molecule has 2 rings (SSSR count). The van der Waals surface area contributed by atoms with Crippen LogP contribution >= 0.6 is 0 Å². The number of halogens is 1. The van der Waals surface area contributed by atoms with Crippen LogP contribution in [0.25, 0.3) is 0 Å². The van der Waals surface area contributed by atoms with Crippen molar-refractivity contribution >= 4 is 0 Å². The van der Waals surface area contributed by atoms with Crippen molar-refractivity contribution in [1.29, 1.82) is 5.26 Å². The summed E-state index contributed by atoms with van der Waals surface area (Å²) in [5.41, 5.74) is 0.495. The van der Waals surface area contributed by atoms with E-state index in [4.69, 9.17) is 5.26 Å². The number of imidazole rings is 1. The Morgan fingerprint density at radius 2 is 2.18 bits per heavy atom. The second-order valence-corrected chi connectivity index (χ2v) is 3.74. The van der Waals surface area contributed by atoms with E-state index in [0.29, 0.717) is 11.1 Å². The number of nitrogens with zero attached hydrogens (tertiary/aromatic N) is 3. The average Bonchev–Trinajstić information content (AvgIpc) is 2.64. The van der Waals surface area contributed by atoms with Crippen molar-refractivity contribution in [3.63, 3.8) is 0 Å². The summed E-state index contributed by atoms with van der Waals surface area (Å²) in [6.45, 7) is 0.126. The minimum absolute atomic E-state index is 0.126. The average molecular weight is 231 g/mol. The van der Waals surface area contributed by atoms with Gasteiger partial charge in [-0.3, -0.25) is 4.57 Å². The lowest BCUT2D eigenvalue weighted by Crippen LogP contribution is -2.22. The highest BCUT2D eigenvalue weighted by Gasteiger charge is 2.06. The molecular weight excluding hydrogens is 221 g/mol. The Hall–Kier alpha value is -2.35. The molecule has 1 heterocycles. The third-order valence-electron chi connectivity index (χ3n) is 2.53. The zero-order valence-electron chi connectivity index (χ0n) is 9.22. The minimum atomic E-state index is -0.417. The predicted octanol–water partition coefficient (Wildman–Crippen LogP) is 1.25. The number of nitriles is 1. The molecule has 0 saturated carbocycles. The van der Waals surface area contributed by atoms with Crippen LogP contribution in [0.1, 0.15) is 11.1 Å². The minimum Gasteiger partial charge on any atom is -0.302 e. The van der Waals surface area contributed by atoms with Gasteiger partial charge < -0.3 is 4.57 Å². The molecule has 0 aliphatic carbocycles. The van der Waals surface area contributed by atoms with Gasteiger partial charge in [0.2, 0.25) is 0 Å². The van der Waals surface area contributed by atoms with Crippen LogP contribution in [-0.2, 0) is 13.6 Å². The predicted molar refractivity (Wildman–Crippen MR) is 59.9 cm³/mol. The molecular formula is C12H10FN3O. The molecule has 0 radical (unpaired) electrons. The monoisotopic (exact) mass is 231 g/mol. The summed E-state index contributed by atoms with van der Waals surface area (Å²) >= 11 is 0. The molecule has 0 aliphatic rings. The fraction of sp³-hybridized carbons (Fsp3) is 0.167. The van der Waals surface area contributed by atoms with Gasteiger partial charge in [-0.05, 0) is 18.2 Å². The molecule has 0 bridgehead atoms. The summed E-state index contributed by atoms with van der Waals surface area (Å²) in [5, 5.41) is 8.73. The van der Waals surface area contributed by atoms with Gasteiger partial charge in [0.05, 0.1) is 18.2 Å². The van der Waals surface area contributed by atoms with Gasteiger partial charge in [-0.2, -0.15) is 5.26 Å². The molecule has 0 spiro atoms. The lowest BCUT2D eigenvalue weighted by molar-refractivity contribution is 0.593. The van der Waals surface area contributed by atoms with Gasteiger partial charge in [-0.25, -0.2) is 9.18 Å². The van der Waals surface area contributed by atoms with Crippen molar-refractivity contribution in [2.75, 3.05) is 0 Å². The van der Waals surface area contributed by atoms with Gasteiger partial charge in [0.1, 0.15) is 5.82 Å². The van der Waals surface area contributed by atoms with Crippen LogP contribution in [0.15, 0.2) is 35.4 Å². The third kappa shape index (κ3) is 2.11. The van der Waals surface area contributed by atoms with E-state index in [1.165, 1.54) is 27.3 Å². The number of benzene rings is 1. The lowest BCUT2D eigenvalue weighted by atomic mass is 10.1. The first-order valence-corrected chi connectivity index (χ1v) is 5.02. The Labute approximate surface area is 97.2 Å². The fourth-order valence-corrected chi connectivity index (χ4v) is 1.58. The first kappa shape index (κ1) is 11.1. The van der Waals surface area contributed by atoms with E-state index in [2.05, 4.69) is 0 Å². The molecule has 1 aromatic carbocycles. The number of aromatic nitrogens is 2. The second kappa shape index (κ2) is 4.26. The number of aryl methyl sites for hydroxylation is 1. The summed E-state index contributed by atoms with van der Waals surface area (Å²) in [6, 6.07) is 6.04. The van der Waals surface area contributed by atoms with E-state index in [1.807, 2.05) is 6.07 Å². The van der Waals surface area contributed by atoms with Crippen LogP contribution in [0, 0.1) is 17.1 Å². The van der Waals surface area contributed by atoms with E-state index >= 15 is 0 Å². The Bertz CT molecular complexity index is 649. The summed E-state index contributed by atoms with van der Waals surface area (Å²) in [7, 11) is 1.63. The van der Waals surface area contributed by atoms with Crippen molar-refractivity contribution in [2.24, 2.45) is 7.05 Å². The van der Waals surface area contributed by atoms with Crippen LogP contribution < -0.4 is 5.69 Å². The molecule has 0 aliphatic heterocycles. The van der Waals surface area contributed by atoms with Crippen LogP contribution in [0.5, 0.6) is 0 Å². The van der Waals surface area contributed by atoms with Crippen molar-refractivity contribution in [2.45, 2.75) is 6.54 Å². The van der Waals surface area contributed by atoms with Crippen molar-refractivity contribution < 1.29 is 4.39 Å². The van der Waals surface area contributed by atoms with Crippen LogP contribution in [0.3, 0.4) is 0 Å². The molecule has 0 N–H and O–H groups in total. The summed E-state index contributed by atoms with van der Waals surface area (Å²) < 4.78 is 16.3. The molecule has 5 heteroatoms. The summed E-state index contributed by atoms with van der Waals surface area (Å²) in [4.78, 5) is 11.6.